The molecule has 0 aliphatic heterocycles. The second-order valence-electron chi connectivity index (χ2n) is 5.24. The zero-order valence-electron chi connectivity index (χ0n) is 11.4. The molecule has 0 amide bonds. The Labute approximate surface area is 132 Å². The summed E-state index contributed by atoms with van der Waals surface area (Å²) in [6.45, 7) is 0. The molecule has 1 saturated carbocycles. The van der Waals surface area contributed by atoms with Gasteiger partial charge in [0.2, 0.25) is 0 Å². The molecule has 2 heterocycles. The van der Waals surface area contributed by atoms with Gasteiger partial charge in [0.25, 0.3) is 0 Å². The lowest BCUT2D eigenvalue weighted by molar-refractivity contribution is 0.663. The molecule has 0 atom stereocenters. The maximum atomic E-state index is 6.24. The van der Waals surface area contributed by atoms with Crippen molar-refractivity contribution in [1.29, 1.82) is 0 Å². The Morgan fingerprint density at radius 1 is 1.19 bits per heavy atom. The zero-order valence-corrected chi connectivity index (χ0v) is 12.9. The quantitative estimate of drug-likeness (QED) is 0.653. The third-order valence-corrected chi connectivity index (χ3v) is 5.09. The number of benzene rings is 1. The fourth-order valence-corrected chi connectivity index (χ4v) is 3.72. The number of rotatable bonds is 4. The van der Waals surface area contributed by atoms with Crippen LogP contribution in [0, 0.1) is 0 Å². The van der Waals surface area contributed by atoms with Gasteiger partial charge in [-0.3, -0.25) is 4.98 Å². The Morgan fingerprint density at radius 3 is 2.95 bits per heavy atom. The summed E-state index contributed by atoms with van der Waals surface area (Å²) in [6.07, 6.45) is 8.33. The Hall–Kier alpha value is -1.52. The zero-order chi connectivity index (χ0) is 14.2. The number of fused-ring (bicyclic) bond motifs is 1. The lowest BCUT2D eigenvalue weighted by Gasteiger charge is -2.08. The van der Waals surface area contributed by atoms with Crippen molar-refractivity contribution in [2.75, 3.05) is 0 Å². The van der Waals surface area contributed by atoms with Crippen molar-refractivity contribution in [2.45, 2.75) is 29.8 Å². The van der Waals surface area contributed by atoms with Gasteiger partial charge in [0.15, 0.2) is 5.16 Å². The molecule has 106 valence electrons. The van der Waals surface area contributed by atoms with Gasteiger partial charge >= 0.3 is 0 Å². The highest BCUT2D eigenvalue weighted by molar-refractivity contribution is 7.98. The highest BCUT2D eigenvalue weighted by Gasteiger charge is 2.25. The second-order valence-corrected chi connectivity index (χ2v) is 6.59. The van der Waals surface area contributed by atoms with Gasteiger partial charge in [-0.05, 0) is 36.6 Å². The SMILES string of the molecule is Clc1ccc(CSc2nccn2C2CC2)c2ncccc12. The summed E-state index contributed by atoms with van der Waals surface area (Å²) in [5.41, 5.74) is 2.19. The van der Waals surface area contributed by atoms with Crippen LogP contribution in [0.1, 0.15) is 24.4 Å². The standard InChI is InChI=1S/C16H14ClN3S/c17-14-6-3-11(15-13(14)2-1-7-18-15)10-21-16-19-8-9-20(16)12-4-5-12/h1-3,6-9,12H,4-5,10H2. The smallest absolute Gasteiger partial charge is 0.168 e. The maximum absolute atomic E-state index is 6.24. The molecule has 0 spiro atoms. The van der Waals surface area contributed by atoms with Crippen molar-refractivity contribution in [3.05, 3.63) is 53.4 Å². The van der Waals surface area contributed by atoms with E-state index in [1.165, 1.54) is 18.4 Å². The minimum absolute atomic E-state index is 0.662. The molecular formula is C16H14ClN3S. The van der Waals surface area contributed by atoms with Gasteiger partial charge in [0.1, 0.15) is 0 Å². The molecule has 1 aliphatic carbocycles. The van der Waals surface area contributed by atoms with Crippen molar-refractivity contribution in [3.63, 3.8) is 0 Å². The Bertz CT molecular complexity index is 795. The van der Waals surface area contributed by atoms with Crippen LogP contribution in [0.25, 0.3) is 10.9 Å². The van der Waals surface area contributed by atoms with Crippen LogP contribution in [0.15, 0.2) is 48.0 Å². The Balaban J connectivity index is 1.62. The number of hydrogen-bond donors (Lipinski definition) is 0. The van der Waals surface area contributed by atoms with Crippen LogP contribution >= 0.6 is 23.4 Å². The van der Waals surface area contributed by atoms with Gasteiger partial charge in [-0.2, -0.15) is 0 Å². The fraction of sp³-hybridized carbons (Fsp3) is 0.250. The molecule has 1 fully saturated rings. The normalized spacial score (nSPS) is 14.7. The molecule has 0 saturated heterocycles. The minimum atomic E-state index is 0.662. The lowest BCUT2D eigenvalue weighted by atomic mass is 10.1. The van der Waals surface area contributed by atoms with E-state index in [0.29, 0.717) is 6.04 Å². The summed E-state index contributed by atoms with van der Waals surface area (Å²) in [6, 6.07) is 8.62. The summed E-state index contributed by atoms with van der Waals surface area (Å²) >= 11 is 8.01. The number of nitrogens with zero attached hydrogens (tertiary/aromatic N) is 3. The summed E-state index contributed by atoms with van der Waals surface area (Å²) < 4.78 is 2.29. The molecule has 1 aromatic carbocycles. The van der Waals surface area contributed by atoms with Crippen molar-refractivity contribution in [2.24, 2.45) is 0 Å². The van der Waals surface area contributed by atoms with Crippen LogP contribution in [-0.2, 0) is 5.75 Å². The van der Waals surface area contributed by atoms with Gasteiger partial charge in [-0.15, -0.1) is 0 Å². The number of hydrogen-bond acceptors (Lipinski definition) is 3. The van der Waals surface area contributed by atoms with E-state index in [-0.39, 0.29) is 0 Å². The molecule has 0 bridgehead atoms. The van der Waals surface area contributed by atoms with Crippen molar-refractivity contribution < 1.29 is 0 Å². The van der Waals surface area contributed by atoms with E-state index < -0.39 is 0 Å². The van der Waals surface area contributed by atoms with E-state index in [2.05, 4.69) is 26.8 Å². The van der Waals surface area contributed by atoms with E-state index in [9.17, 15) is 0 Å². The fourth-order valence-electron chi connectivity index (χ4n) is 2.50. The number of thioether (sulfide) groups is 1. The predicted octanol–water partition coefficient (Wildman–Crippen LogP) is 4.71. The molecule has 0 N–H and O–H groups in total. The largest absolute Gasteiger partial charge is 0.323 e. The molecule has 3 nitrogen and oxygen atoms in total. The van der Waals surface area contributed by atoms with Gasteiger partial charge < -0.3 is 4.57 Å². The molecular weight excluding hydrogens is 302 g/mol. The topological polar surface area (TPSA) is 30.7 Å². The van der Waals surface area contributed by atoms with Gasteiger partial charge in [-0.1, -0.05) is 29.4 Å². The molecule has 3 aromatic rings. The first kappa shape index (κ1) is 13.2. The van der Waals surface area contributed by atoms with Gasteiger partial charge in [0.05, 0.1) is 5.52 Å². The molecule has 1 aliphatic rings. The van der Waals surface area contributed by atoms with Crippen molar-refractivity contribution in [1.82, 2.24) is 14.5 Å². The van der Waals surface area contributed by atoms with Crippen molar-refractivity contribution >= 4 is 34.3 Å². The van der Waals surface area contributed by atoms with Crippen LogP contribution in [0.2, 0.25) is 5.02 Å². The summed E-state index contributed by atoms with van der Waals surface area (Å²) in [5.74, 6) is 0.856. The first-order valence-electron chi connectivity index (χ1n) is 7.00. The molecule has 21 heavy (non-hydrogen) atoms. The summed E-state index contributed by atoms with van der Waals surface area (Å²) in [7, 11) is 0. The third-order valence-electron chi connectivity index (χ3n) is 3.73. The third kappa shape index (κ3) is 2.54. The molecule has 0 unspecified atom stereocenters. The summed E-state index contributed by atoms with van der Waals surface area (Å²) in [5, 5.41) is 2.87. The average Bonchev–Trinajstić information content (AvgIpc) is 3.26. The van der Waals surface area contributed by atoms with Crippen LogP contribution < -0.4 is 0 Å². The number of halogens is 1. The Kier molecular flexibility index (Phi) is 3.36. The Morgan fingerprint density at radius 2 is 2.10 bits per heavy atom. The van der Waals surface area contributed by atoms with E-state index in [0.717, 1.165) is 26.8 Å². The first-order chi connectivity index (χ1) is 10.3. The van der Waals surface area contributed by atoms with Crippen molar-refractivity contribution in [3.8, 4) is 0 Å². The molecule has 2 aromatic heterocycles. The maximum Gasteiger partial charge on any atom is 0.168 e. The molecule has 4 rings (SSSR count). The van der Waals surface area contributed by atoms with E-state index >= 15 is 0 Å². The van der Waals surface area contributed by atoms with E-state index in [1.54, 1.807) is 11.8 Å². The highest BCUT2D eigenvalue weighted by atomic mass is 35.5. The molecule has 0 radical (unpaired) electrons. The van der Waals surface area contributed by atoms with E-state index in [4.69, 9.17) is 11.6 Å². The summed E-state index contributed by atoms with van der Waals surface area (Å²) in [4.78, 5) is 8.96. The van der Waals surface area contributed by atoms with E-state index in [1.807, 2.05) is 30.6 Å². The lowest BCUT2D eigenvalue weighted by Crippen LogP contribution is -1.95. The first-order valence-corrected chi connectivity index (χ1v) is 8.37. The minimum Gasteiger partial charge on any atom is -0.323 e. The molecule has 5 heteroatoms. The van der Waals surface area contributed by atoms with Crippen LogP contribution in [0.5, 0.6) is 0 Å². The van der Waals surface area contributed by atoms with Crippen LogP contribution in [-0.4, -0.2) is 14.5 Å². The average molecular weight is 316 g/mol. The van der Waals surface area contributed by atoms with Crippen LogP contribution in [0.3, 0.4) is 0 Å². The highest BCUT2D eigenvalue weighted by Crippen LogP contribution is 2.38. The van der Waals surface area contributed by atoms with Gasteiger partial charge in [-0.25, -0.2) is 4.98 Å². The number of aromatic nitrogens is 3. The number of pyridine rings is 1. The number of imidazole rings is 1. The second kappa shape index (κ2) is 5.35. The predicted molar refractivity (Wildman–Crippen MR) is 86.8 cm³/mol. The van der Waals surface area contributed by atoms with Gasteiger partial charge in [0, 0.05) is 40.8 Å². The van der Waals surface area contributed by atoms with Crippen LogP contribution in [0.4, 0.5) is 0 Å². The monoisotopic (exact) mass is 315 g/mol.